The average molecular weight is 251 g/mol. The van der Waals surface area contributed by atoms with Crippen LogP contribution in [0.15, 0.2) is 6.07 Å². The van der Waals surface area contributed by atoms with Crippen LogP contribution in [-0.2, 0) is 0 Å². The summed E-state index contributed by atoms with van der Waals surface area (Å²) in [4.78, 5) is 8.53. The molecule has 0 aliphatic heterocycles. The topological polar surface area (TPSA) is 70.3 Å². The Morgan fingerprint density at radius 1 is 1.39 bits per heavy atom. The van der Waals surface area contributed by atoms with Crippen molar-refractivity contribution in [3.63, 3.8) is 0 Å². The van der Waals surface area contributed by atoms with Crippen molar-refractivity contribution in [2.24, 2.45) is 5.73 Å². The number of hydrogen-bond acceptors (Lipinski definition) is 5. The first-order valence-electron chi connectivity index (χ1n) is 6.58. The second kappa shape index (κ2) is 6.00. The highest BCUT2D eigenvalue weighted by Gasteiger charge is 2.21. The summed E-state index contributed by atoms with van der Waals surface area (Å²) in [6, 6.07) is 2.45. The first-order valence-corrected chi connectivity index (χ1v) is 6.58. The predicted octanol–water partition coefficient (Wildman–Crippen LogP) is 1.83. The number of aromatic nitrogens is 2. The lowest BCUT2D eigenvalue weighted by Gasteiger charge is -2.26. The van der Waals surface area contributed by atoms with Crippen LogP contribution >= 0.6 is 0 Å². The molecule has 1 aliphatic carbocycles. The molecule has 1 aliphatic rings. The lowest BCUT2D eigenvalue weighted by molar-refractivity contribution is 0.130. The van der Waals surface area contributed by atoms with Gasteiger partial charge in [0, 0.05) is 17.8 Å². The number of nitrogens with zero attached hydrogens (tertiary/aromatic N) is 2. The summed E-state index contributed by atoms with van der Waals surface area (Å²) in [7, 11) is 0. The van der Waals surface area contributed by atoms with Crippen LogP contribution in [0.25, 0.3) is 0 Å². The molecule has 100 valence electrons. The molecule has 1 saturated carbocycles. The molecule has 0 radical (unpaired) electrons. The average Bonchev–Trinajstić information content (AvgIpc) is 2.28. The second-order valence-corrected chi connectivity index (χ2v) is 4.73. The number of aryl methyl sites for hydroxylation is 1. The quantitative estimate of drug-likeness (QED) is 0.884. The molecule has 2 atom stereocenters. The van der Waals surface area contributed by atoms with Gasteiger partial charge in [-0.2, -0.15) is 4.98 Å². The lowest BCUT2D eigenvalue weighted by Crippen LogP contribution is -2.34. The van der Waals surface area contributed by atoms with E-state index >= 15 is 0 Å². The smallest absolute Gasteiger partial charge is 0.320 e. The number of nitrogens with two attached hydrogens (primary N) is 1. The molecule has 1 heterocycles. The van der Waals surface area contributed by atoms with Crippen LogP contribution in [0, 0.1) is 6.92 Å². The van der Waals surface area contributed by atoms with E-state index in [0.717, 1.165) is 31.4 Å². The van der Waals surface area contributed by atoms with Crippen LogP contribution < -0.4 is 15.2 Å². The number of rotatable bonds is 4. The molecular formula is C13H21N3O2. The van der Waals surface area contributed by atoms with Crippen molar-refractivity contribution < 1.29 is 9.47 Å². The Bertz CT molecular complexity index is 398. The number of hydrogen-bond donors (Lipinski definition) is 1. The van der Waals surface area contributed by atoms with E-state index < -0.39 is 0 Å². The van der Waals surface area contributed by atoms with Gasteiger partial charge in [-0.25, -0.2) is 4.98 Å². The van der Waals surface area contributed by atoms with Crippen LogP contribution in [0.5, 0.6) is 11.9 Å². The molecule has 0 bridgehead atoms. The Morgan fingerprint density at radius 2 is 2.22 bits per heavy atom. The molecule has 0 saturated heterocycles. The Labute approximate surface area is 108 Å². The third-order valence-corrected chi connectivity index (χ3v) is 3.04. The van der Waals surface area contributed by atoms with Crippen molar-refractivity contribution in [2.45, 2.75) is 51.7 Å². The zero-order chi connectivity index (χ0) is 13.0. The normalized spacial score (nSPS) is 23.7. The maximum atomic E-state index is 5.94. The summed E-state index contributed by atoms with van der Waals surface area (Å²) >= 11 is 0. The van der Waals surface area contributed by atoms with E-state index in [-0.39, 0.29) is 12.1 Å². The van der Waals surface area contributed by atoms with Crippen molar-refractivity contribution in [1.82, 2.24) is 9.97 Å². The third kappa shape index (κ3) is 3.57. The van der Waals surface area contributed by atoms with Gasteiger partial charge in [0.2, 0.25) is 5.88 Å². The van der Waals surface area contributed by atoms with Gasteiger partial charge in [-0.3, -0.25) is 0 Å². The largest absolute Gasteiger partial charge is 0.478 e. The van der Waals surface area contributed by atoms with Gasteiger partial charge in [0.05, 0.1) is 6.61 Å². The van der Waals surface area contributed by atoms with E-state index in [2.05, 4.69) is 9.97 Å². The van der Waals surface area contributed by atoms with Gasteiger partial charge in [-0.1, -0.05) is 0 Å². The highest BCUT2D eigenvalue weighted by Crippen LogP contribution is 2.22. The maximum absolute atomic E-state index is 5.94. The molecule has 2 rings (SSSR count). The summed E-state index contributed by atoms with van der Waals surface area (Å²) in [5.74, 6) is 0.570. The fourth-order valence-electron chi connectivity index (χ4n) is 2.23. The van der Waals surface area contributed by atoms with E-state index in [1.807, 2.05) is 19.9 Å². The standard InChI is InChI=1S/C13H21N3O2/c1-3-17-12-7-9(2)15-13(16-12)18-11-6-4-5-10(14)8-11/h7,10-11H,3-6,8,14H2,1-2H3. The van der Waals surface area contributed by atoms with Crippen LogP contribution in [-0.4, -0.2) is 28.7 Å². The van der Waals surface area contributed by atoms with Gasteiger partial charge in [-0.15, -0.1) is 0 Å². The van der Waals surface area contributed by atoms with Crippen molar-refractivity contribution in [3.05, 3.63) is 11.8 Å². The van der Waals surface area contributed by atoms with Crippen molar-refractivity contribution >= 4 is 0 Å². The SMILES string of the molecule is CCOc1cc(C)nc(OC2CCCC(N)C2)n1. The molecular weight excluding hydrogens is 230 g/mol. The van der Waals surface area contributed by atoms with Crippen molar-refractivity contribution in [3.8, 4) is 11.9 Å². The zero-order valence-corrected chi connectivity index (χ0v) is 11.1. The molecule has 2 unspecified atom stereocenters. The first kappa shape index (κ1) is 13.1. The molecule has 1 aromatic heterocycles. The summed E-state index contributed by atoms with van der Waals surface area (Å²) in [6.45, 7) is 4.42. The molecule has 18 heavy (non-hydrogen) atoms. The highest BCUT2D eigenvalue weighted by molar-refractivity contribution is 5.17. The van der Waals surface area contributed by atoms with E-state index in [9.17, 15) is 0 Å². The fourth-order valence-corrected chi connectivity index (χ4v) is 2.23. The molecule has 0 spiro atoms. The number of ether oxygens (including phenoxy) is 2. The summed E-state index contributed by atoms with van der Waals surface area (Å²) in [5.41, 5.74) is 6.79. The van der Waals surface area contributed by atoms with Gasteiger partial charge in [0.15, 0.2) is 0 Å². The van der Waals surface area contributed by atoms with Crippen LogP contribution in [0.2, 0.25) is 0 Å². The van der Waals surface area contributed by atoms with Gasteiger partial charge < -0.3 is 15.2 Å². The van der Waals surface area contributed by atoms with E-state index in [0.29, 0.717) is 18.5 Å². The van der Waals surface area contributed by atoms with Gasteiger partial charge in [0.1, 0.15) is 6.10 Å². The van der Waals surface area contributed by atoms with Crippen LogP contribution in [0.4, 0.5) is 0 Å². The highest BCUT2D eigenvalue weighted by atomic mass is 16.5. The fraction of sp³-hybridized carbons (Fsp3) is 0.692. The Morgan fingerprint density at radius 3 is 2.94 bits per heavy atom. The molecule has 2 N–H and O–H groups in total. The first-order chi connectivity index (χ1) is 8.67. The molecule has 0 aromatic carbocycles. The minimum Gasteiger partial charge on any atom is -0.478 e. The molecule has 5 heteroatoms. The summed E-state index contributed by atoms with van der Waals surface area (Å²) in [5, 5.41) is 0. The molecule has 5 nitrogen and oxygen atoms in total. The second-order valence-electron chi connectivity index (χ2n) is 4.73. The summed E-state index contributed by atoms with van der Waals surface area (Å²) in [6.07, 6.45) is 4.22. The van der Waals surface area contributed by atoms with E-state index in [1.54, 1.807) is 0 Å². The Kier molecular flexibility index (Phi) is 4.36. The molecule has 0 amide bonds. The van der Waals surface area contributed by atoms with Crippen molar-refractivity contribution in [2.75, 3.05) is 6.61 Å². The minimum atomic E-state index is 0.130. The van der Waals surface area contributed by atoms with E-state index in [1.165, 1.54) is 0 Å². The van der Waals surface area contributed by atoms with Crippen LogP contribution in [0.3, 0.4) is 0 Å². The van der Waals surface area contributed by atoms with Gasteiger partial charge in [-0.05, 0) is 39.5 Å². The third-order valence-electron chi connectivity index (χ3n) is 3.04. The Balaban J connectivity index is 2.03. The van der Waals surface area contributed by atoms with Crippen molar-refractivity contribution in [1.29, 1.82) is 0 Å². The maximum Gasteiger partial charge on any atom is 0.320 e. The zero-order valence-electron chi connectivity index (χ0n) is 11.1. The lowest BCUT2D eigenvalue weighted by atomic mass is 9.94. The minimum absolute atomic E-state index is 0.130. The van der Waals surface area contributed by atoms with Crippen LogP contribution in [0.1, 0.15) is 38.3 Å². The summed E-state index contributed by atoms with van der Waals surface area (Å²) < 4.78 is 11.2. The van der Waals surface area contributed by atoms with E-state index in [4.69, 9.17) is 15.2 Å². The van der Waals surface area contributed by atoms with Gasteiger partial charge >= 0.3 is 6.01 Å². The predicted molar refractivity (Wildman–Crippen MR) is 68.8 cm³/mol. The monoisotopic (exact) mass is 251 g/mol. The molecule has 1 fully saturated rings. The van der Waals surface area contributed by atoms with Gasteiger partial charge in [0.25, 0.3) is 0 Å². The Hall–Kier alpha value is -1.36. The molecule has 1 aromatic rings.